The third-order valence-corrected chi connectivity index (χ3v) is 5.36. The highest BCUT2D eigenvalue weighted by atomic mass is 16.7. The lowest BCUT2D eigenvalue weighted by Crippen LogP contribution is -2.41. The minimum Gasteiger partial charge on any atom is -0.403 e. The molecule has 2 saturated heterocycles. The van der Waals surface area contributed by atoms with Crippen LogP contribution in [0.15, 0.2) is 0 Å². The van der Waals surface area contributed by atoms with E-state index in [9.17, 15) is 0 Å². The molecule has 1 N–H and O–H groups in total. The van der Waals surface area contributed by atoms with Crippen molar-refractivity contribution in [1.82, 2.24) is 5.32 Å². The molecule has 3 rings (SSSR count). The molecule has 3 nitrogen and oxygen atoms in total. The van der Waals surface area contributed by atoms with Gasteiger partial charge in [-0.3, -0.25) is 0 Å². The van der Waals surface area contributed by atoms with Crippen LogP contribution in [0.3, 0.4) is 0 Å². The summed E-state index contributed by atoms with van der Waals surface area (Å²) in [6.07, 6.45) is 3.92. The molecule has 2 atom stereocenters. The standard InChI is InChI=1S/C13H24BNO2/c1-11(2)12(3,4)17-14(16-11)10-8-13(10)6-5-7-15-9-13/h10,15H,5-9H2,1-4H3. The molecule has 17 heavy (non-hydrogen) atoms. The minimum absolute atomic E-state index is 0.0138. The number of hydrogen-bond donors (Lipinski definition) is 1. The Labute approximate surface area is 105 Å². The molecule has 1 spiro atoms. The summed E-state index contributed by atoms with van der Waals surface area (Å²) in [5.41, 5.74) is 0.131. The molecule has 0 aromatic carbocycles. The van der Waals surface area contributed by atoms with Gasteiger partial charge in [0.05, 0.1) is 11.2 Å². The maximum absolute atomic E-state index is 6.17. The Bertz CT molecular complexity index is 307. The fourth-order valence-corrected chi connectivity index (χ4v) is 3.30. The highest BCUT2D eigenvalue weighted by Gasteiger charge is 2.66. The van der Waals surface area contributed by atoms with E-state index in [0.717, 1.165) is 6.54 Å². The van der Waals surface area contributed by atoms with Gasteiger partial charge in [0.15, 0.2) is 0 Å². The largest absolute Gasteiger partial charge is 0.461 e. The van der Waals surface area contributed by atoms with Gasteiger partial charge in [-0.05, 0) is 58.9 Å². The molecule has 1 aliphatic carbocycles. The second-order valence-electron chi connectivity index (χ2n) is 7.08. The normalized spacial score (nSPS) is 43.1. The van der Waals surface area contributed by atoms with E-state index in [1.165, 1.54) is 25.8 Å². The van der Waals surface area contributed by atoms with E-state index < -0.39 is 0 Å². The third kappa shape index (κ3) is 1.76. The molecule has 2 heterocycles. The smallest absolute Gasteiger partial charge is 0.403 e. The zero-order chi connectivity index (χ0) is 12.3. The van der Waals surface area contributed by atoms with Crippen molar-refractivity contribution in [3.63, 3.8) is 0 Å². The van der Waals surface area contributed by atoms with E-state index >= 15 is 0 Å². The van der Waals surface area contributed by atoms with Gasteiger partial charge in [-0.2, -0.15) is 0 Å². The Balaban J connectivity index is 1.69. The quantitative estimate of drug-likeness (QED) is 0.709. The molecule has 0 amide bonds. The molecular weight excluding hydrogens is 213 g/mol. The monoisotopic (exact) mass is 237 g/mol. The van der Waals surface area contributed by atoms with Gasteiger partial charge in [0.2, 0.25) is 0 Å². The summed E-state index contributed by atoms with van der Waals surface area (Å²) in [6, 6.07) is 0. The summed E-state index contributed by atoms with van der Waals surface area (Å²) in [7, 11) is 0.0138. The lowest BCUT2D eigenvalue weighted by molar-refractivity contribution is 0.00578. The zero-order valence-electron chi connectivity index (χ0n) is 11.5. The predicted molar refractivity (Wildman–Crippen MR) is 69.0 cm³/mol. The minimum atomic E-state index is -0.177. The van der Waals surface area contributed by atoms with Crippen molar-refractivity contribution < 1.29 is 9.31 Å². The first-order valence-electron chi connectivity index (χ1n) is 6.93. The first-order valence-corrected chi connectivity index (χ1v) is 6.93. The van der Waals surface area contributed by atoms with Gasteiger partial charge in [0.1, 0.15) is 0 Å². The lowest BCUT2D eigenvalue weighted by atomic mass is 9.74. The summed E-state index contributed by atoms with van der Waals surface area (Å²) >= 11 is 0. The lowest BCUT2D eigenvalue weighted by Gasteiger charge is -2.32. The molecule has 3 fully saturated rings. The second kappa shape index (κ2) is 3.49. The molecule has 4 heteroatoms. The van der Waals surface area contributed by atoms with Crippen LogP contribution in [0, 0.1) is 5.41 Å². The van der Waals surface area contributed by atoms with E-state index in [0.29, 0.717) is 11.2 Å². The van der Waals surface area contributed by atoms with Crippen LogP contribution < -0.4 is 5.32 Å². The average Bonchev–Trinajstić information content (AvgIpc) is 2.85. The highest BCUT2D eigenvalue weighted by Crippen LogP contribution is 2.65. The molecule has 3 aliphatic rings. The topological polar surface area (TPSA) is 30.5 Å². The van der Waals surface area contributed by atoms with E-state index in [1.807, 2.05) is 0 Å². The van der Waals surface area contributed by atoms with E-state index in [2.05, 4.69) is 33.0 Å². The summed E-state index contributed by atoms with van der Waals surface area (Å²) in [4.78, 5) is 0. The van der Waals surface area contributed by atoms with Gasteiger partial charge in [-0.25, -0.2) is 0 Å². The van der Waals surface area contributed by atoms with Gasteiger partial charge < -0.3 is 14.6 Å². The van der Waals surface area contributed by atoms with Crippen LogP contribution in [0.25, 0.3) is 0 Å². The average molecular weight is 237 g/mol. The number of nitrogens with one attached hydrogen (secondary N) is 1. The highest BCUT2D eigenvalue weighted by molar-refractivity contribution is 6.49. The van der Waals surface area contributed by atoms with Crippen LogP contribution >= 0.6 is 0 Å². The Hall–Kier alpha value is -0.0551. The van der Waals surface area contributed by atoms with Gasteiger partial charge in [0.25, 0.3) is 0 Å². The first-order chi connectivity index (χ1) is 7.86. The van der Waals surface area contributed by atoms with Gasteiger partial charge in [-0.15, -0.1) is 0 Å². The molecule has 2 unspecified atom stereocenters. The van der Waals surface area contributed by atoms with Gasteiger partial charge in [-0.1, -0.05) is 0 Å². The Morgan fingerprint density at radius 2 is 1.76 bits per heavy atom. The molecule has 0 aromatic heterocycles. The summed E-state index contributed by atoms with van der Waals surface area (Å²) < 4.78 is 12.3. The number of rotatable bonds is 1. The fourth-order valence-electron chi connectivity index (χ4n) is 3.30. The SMILES string of the molecule is CC1(C)OB(C2CC23CCCNC3)OC1(C)C. The predicted octanol–water partition coefficient (Wildman–Crippen LogP) is 2.22. The van der Waals surface area contributed by atoms with Crippen LogP contribution in [-0.2, 0) is 9.31 Å². The number of hydrogen-bond acceptors (Lipinski definition) is 3. The van der Waals surface area contributed by atoms with Crippen molar-refractivity contribution in [2.45, 2.75) is 64.0 Å². The molecule has 0 radical (unpaired) electrons. The maximum atomic E-state index is 6.17. The first kappa shape index (κ1) is 12.0. The van der Waals surface area contributed by atoms with Crippen molar-refractivity contribution in [3.05, 3.63) is 0 Å². The Morgan fingerprint density at radius 3 is 2.29 bits per heavy atom. The molecule has 96 valence electrons. The molecule has 1 saturated carbocycles. The van der Waals surface area contributed by atoms with E-state index in [-0.39, 0.29) is 18.3 Å². The zero-order valence-corrected chi connectivity index (χ0v) is 11.5. The van der Waals surface area contributed by atoms with Crippen LogP contribution in [0.2, 0.25) is 5.82 Å². The van der Waals surface area contributed by atoms with Gasteiger partial charge >= 0.3 is 7.12 Å². The van der Waals surface area contributed by atoms with Crippen molar-refractivity contribution in [2.24, 2.45) is 5.41 Å². The summed E-state index contributed by atoms with van der Waals surface area (Å²) in [5, 5.41) is 3.52. The molecular formula is C13H24BNO2. The van der Waals surface area contributed by atoms with Crippen LogP contribution in [-0.4, -0.2) is 31.4 Å². The van der Waals surface area contributed by atoms with Crippen LogP contribution in [0.1, 0.15) is 47.0 Å². The van der Waals surface area contributed by atoms with Crippen LogP contribution in [0.5, 0.6) is 0 Å². The summed E-state index contributed by atoms with van der Waals surface area (Å²) in [5.74, 6) is 0.608. The van der Waals surface area contributed by atoms with Crippen LogP contribution in [0.4, 0.5) is 0 Å². The number of piperidine rings is 1. The van der Waals surface area contributed by atoms with Crippen molar-refractivity contribution in [2.75, 3.05) is 13.1 Å². The second-order valence-corrected chi connectivity index (χ2v) is 7.08. The Kier molecular flexibility index (Phi) is 2.46. The summed E-state index contributed by atoms with van der Waals surface area (Å²) in [6.45, 7) is 10.9. The Morgan fingerprint density at radius 1 is 1.12 bits per heavy atom. The van der Waals surface area contributed by atoms with Gasteiger partial charge in [0, 0.05) is 12.4 Å². The van der Waals surface area contributed by atoms with Crippen molar-refractivity contribution in [3.8, 4) is 0 Å². The third-order valence-electron chi connectivity index (χ3n) is 5.36. The fraction of sp³-hybridized carbons (Fsp3) is 1.00. The van der Waals surface area contributed by atoms with Crippen molar-refractivity contribution in [1.29, 1.82) is 0 Å². The molecule has 0 aromatic rings. The molecule has 2 aliphatic heterocycles. The molecule has 0 bridgehead atoms. The van der Waals surface area contributed by atoms with E-state index in [1.54, 1.807) is 0 Å². The van der Waals surface area contributed by atoms with E-state index in [4.69, 9.17) is 9.31 Å². The van der Waals surface area contributed by atoms with Crippen molar-refractivity contribution >= 4 is 7.12 Å². The maximum Gasteiger partial charge on any atom is 0.461 e.